The van der Waals surface area contributed by atoms with Crippen molar-refractivity contribution in [1.29, 1.82) is 0 Å². The second-order valence-corrected chi connectivity index (χ2v) is 13.4. The highest BCUT2D eigenvalue weighted by Crippen LogP contribution is 2.25. The van der Waals surface area contributed by atoms with Gasteiger partial charge in [0.15, 0.2) is 9.84 Å². The fraction of sp³-hybridized carbons (Fsp3) is 0.222. The van der Waals surface area contributed by atoms with Crippen molar-refractivity contribution in [3.05, 3.63) is 90.0 Å². The lowest BCUT2D eigenvalue weighted by molar-refractivity contribution is 0.102. The number of carbonyl (C=O) groups is 1. The van der Waals surface area contributed by atoms with Crippen molar-refractivity contribution in [1.82, 2.24) is 14.5 Å². The summed E-state index contributed by atoms with van der Waals surface area (Å²) < 4.78 is 58.2. The van der Waals surface area contributed by atoms with Gasteiger partial charge in [0, 0.05) is 24.2 Å². The molecular weight excluding hydrogens is 540 g/mol. The molecule has 0 bridgehead atoms. The maximum Gasteiger partial charge on any atom is 0.322 e. The maximum atomic E-state index is 13.2. The van der Waals surface area contributed by atoms with Gasteiger partial charge in [0.05, 0.1) is 15.0 Å². The van der Waals surface area contributed by atoms with E-state index in [2.05, 4.69) is 15.5 Å². The molecule has 0 atom stereocenters. The van der Waals surface area contributed by atoms with Gasteiger partial charge < -0.3 is 4.42 Å². The van der Waals surface area contributed by atoms with Crippen LogP contribution in [0.5, 0.6) is 0 Å². The van der Waals surface area contributed by atoms with Gasteiger partial charge in [-0.2, -0.15) is 4.31 Å². The number of nitrogens with zero attached hydrogens (tertiary/aromatic N) is 3. The van der Waals surface area contributed by atoms with Crippen molar-refractivity contribution in [2.24, 2.45) is 0 Å². The first-order chi connectivity index (χ1) is 18.5. The molecule has 4 rings (SSSR count). The summed E-state index contributed by atoms with van der Waals surface area (Å²) in [5, 5.41) is 9.60. The third kappa shape index (κ3) is 6.24. The van der Waals surface area contributed by atoms with Crippen molar-refractivity contribution < 1.29 is 26.0 Å². The molecule has 1 aromatic heterocycles. The number of aromatic nitrogens is 2. The van der Waals surface area contributed by atoms with Gasteiger partial charge in [-0.1, -0.05) is 48.4 Å². The van der Waals surface area contributed by atoms with Crippen LogP contribution >= 0.6 is 0 Å². The van der Waals surface area contributed by atoms with E-state index < -0.39 is 31.0 Å². The minimum Gasteiger partial charge on any atom is -0.403 e. The summed E-state index contributed by atoms with van der Waals surface area (Å²) in [5.41, 5.74) is 1.44. The molecule has 12 heteroatoms. The SMILES string of the molecule is CCN(Cc1ccccc1)S(=O)(=O)c1ccc(C(=O)Nc2nnc(-c3cccc(S(=O)(=O)C(C)C)c3)o2)cc1. The van der Waals surface area contributed by atoms with Gasteiger partial charge in [0.25, 0.3) is 5.91 Å². The molecule has 10 nitrogen and oxygen atoms in total. The maximum absolute atomic E-state index is 13.2. The van der Waals surface area contributed by atoms with Crippen LogP contribution in [0.2, 0.25) is 0 Å². The first-order valence-corrected chi connectivity index (χ1v) is 15.1. The van der Waals surface area contributed by atoms with Crippen molar-refractivity contribution >= 4 is 31.8 Å². The Morgan fingerprint density at radius 1 is 0.897 bits per heavy atom. The molecule has 0 radical (unpaired) electrons. The first-order valence-electron chi connectivity index (χ1n) is 12.2. The number of hydrogen-bond donors (Lipinski definition) is 1. The highest BCUT2D eigenvalue weighted by atomic mass is 32.2. The summed E-state index contributed by atoms with van der Waals surface area (Å²) in [4.78, 5) is 12.9. The zero-order valence-electron chi connectivity index (χ0n) is 21.6. The van der Waals surface area contributed by atoms with Gasteiger partial charge in [0.2, 0.25) is 15.9 Å². The molecule has 1 N–H and O–H groups in total. The van der Waals surface area contributed by atoms with E-state index in [1.807, 2.05) is 30.3 Å². The van der Waals surface area contributed by atoms with E-state index in [4.69, 9.17) is 4.42 Å². The number of sulfonamides is 1. The van der Waals surface area contributed by atoms with Crippen LogP contribution in [0.1, 0.15) is 36.7 Å². The van der Waals surface area contributed by atoms with Gasteiger partial charge in [-0.25, -0.2) is 16.8 Å². The lowest BCUT2D eigenvalue weighted by Crippen LogP contribution is -2.30. The lowest BCUT2D eigenvalue weighted by atomic mass is 10.2. The largest absolute Gasteiger partial charge is 0.403 e. The van der Waals surface area contributed by atoms with Crippen molar-refractivity contribution in [3.63, 3.8) is 0 Å². The molecule has 0 fully saturated rings. The lowest BCUT2D eigenvalue weighted by Gasteiger charge is -2.20. The highest BCUT2D eigenvalue weighted by molar-refractivity contribution is 7.92. The summed E-state index contributed by atoms with van der Waals surface area (Å²) >= 11 is 0. The molecule has 0 aliphatic rings. The standard InChI is InChI=1S/C27H28N4O6S2/c1-4-31(18-20-9-6-5-7-10-20)39(35,36)23-15-13-21(14-16-23)25(32)28-27-30-29-26(37-27)22-11-8-12-24(17-22)38(33,34)19(2)3/h5-17,19H,4,18H2,1-3H3,(H,28,30,32). The van der Waals surface area contributed by atoms with E-state index in [9.17, 15) is 21.6 Å². The first kappa shape index (κ1) is 28.1. The Hall–Kier alpha value is -3.87. The van der Waals surface area contributed by atoms with E-state index in [-0.39, 0.29) is 40.3 Å². The quantitative estimate of drug-likeness (QED) is 0.297. The van der Waals surface area contributed by atoms with E-state index in [1.54, 1.807) is 32.9 Å². The van der Waals surface area contributed by atoms with Crippen LogP contribution in [0.4, 0.5) is 6.01 Å². The van der Waals surface area contributed by atoms with Gasteiger partial charge >= 0.3 is 6.01 Å². The Balaban J connectivity index is 1.47. The number of rotatable bonds is 10. The van der Waals surface area contributed by atoms with Gasteiger partial charge in [-0.05, 0) is 61.9 Å². The number of carbonyl (C=O) groups excluding carboxylic acids is 1. The van der Waals surface area contributed by atoms with Crippen LogP contribution in [0.3, 0.4) is 0 Å². The Bertz CT molecular complexity index is 1670. The zero-order chi connectivity index (χ0) is 28.2. The Morgan fingerprint density at radius 2 is 1.59 bits per heavy atom. The van der Waals surface area contributed by atoms with Crippen molar-refractivity contribution in [3.8, 4) is 11.5 Å². The zero-order valence-corrected chi connectivity index (χ0v) is 23.2. The summed E-state index contributed by atoms with van der Waals surface area (Å²) in [5.74, 6) is -0.549. The van der Waals surface area contributed by atoms with Gasteiger partial charge in [-0.15, -0.1) is 5.10 Å². The molecule has 0 aliphatic heterocycles. The minimum atomic E-state index is -3.78. The molecule has 4 aromatic rings. The summed E-state index contributed by atoms with van der Waals surface area (Å²) in [7, 11) is -7.28. The summed E-state index contributed by atoms with van der Waals surface area (Å²) in [6, 6.07) is 20.8. The number of sulfone groups is 1. The molecule has 0 spiro atoms. The monoisotopic (exact) mass is 568 g/mol. The molecule has 3 aromatic carbocycles. The van der Waals surface area contributed by atoms with E-state index >= 15 is 0 Å². The number of benzene rings is 3. The molecule has 204 valence electrons. The number of nitrogens with one attached hydrogen (secondary N) is 1. The molecule has 0 aliphatic carbocycles. The topological polar surface area (TPSA) is 140 Å². The van der Waals surface area contributed by atoms with Gasteiger partial charge in [0.1, 0.15) is 0 Å². The molecular formula is C27H28N4O6S2. The summed E-state index contributed by atoms with van der Waals surface area (Å²) in [6.07, 6.45) is 0. The van der Waals surface area contributed by atoms with Crippen LogP contribution in [0.25, 0.3) is 11.5 Å². The predicted molar refractivity (Wildman–Crippen MR) is 146 cm³/mol. The summed E-state index contributed by atoms with van der Waals surface area (Å²) in [6.45, 7) is 5.46. The molecule has 39 heavy (non-hydrogen) atoms. The fourth-order valence-electron chi connectivity index (χ4n) is 3.72. The number of anilines is 1. The van der Waals surface area contributed by atoms with Gasteiger partial charge in [-0.3, -0.25) is 10.1 Å². The Kier molecular flexibility index (Phi) is 8.28. The van der Waals surface area contributed by atoms with Crippen LogP contribution in [0.15, 0.2) is 93.1 Å². The Morgan fingerprint density at radius 3 is 2.23 bits per heavy atom. The number of amides is 1. The smallest absolute Gasteiger partial charge is 0.322 e. The fourth-order valence-corrected chi connectivity index (χ4v) is 6.26. The van der Waals surface area contributed by atoms with Crippen LogP contribution in [0, 0.1) is 0 Å². The van der Waals surface area contributed by atoms with E-state index in [0.29, 0.717) is 5.56 Å². The normalized spacial score (nSPS) is 12.1. The van der Waals surface area contributed by atoms with Crippen molar-refractivity contribution in [2.45, 2.75) is 42.4 Å². The van der Waals surface area contributed by atoms with Crippen LogP contribution in [-0.2, 0) is 26.4 Å². The van der Waals surface area contributed by atoms with Crippen LogP contribution in [-0.4, -0.2) is 49.0 Å². The number of hydrogen-bond acceptors (Lipinski definition) is 8. The third-order valence-electron chi connectivity index (χ3n) is 5.98. The third-order valence-corrected chi connectivity index (χ3v) is 10.1. The van der Waals surface area contributed by atoms with E-state index in [0.717, 1.165) is 5.56 Å². The van der Waals surface area contributed by atoms with E-state index in [1.165, 1.54) is 40.7 Å². The van der Waals surface area contributed by atoms with Crippen molar-refractivity contribution in [2.75, 3.05) is 11.9 Å². The molecule has 1 amide bonds. The van der Waals surface area contributed by atoms with Crippen LogP contribution < -0.4 is 5.32 Å². The molecule has 0 saturated carbocycles. The Labute approximate surface area is 227 Å². The second-order valence-electron chi connectivity index (χ2n) is 8.93. The molecule has 0 saturated heterocycles. The highest BCUT2D eigenvalue weighted by Gasteiger charge is 2.24. The average molecular weight is 569 g/mol. The second kappa shape index (κ2) is 11.5. The molecule has 1 heterocycles. The predicted octanol–water partition coefficient (Wildman–Crippen LogP) is 4.38. The average Bonchev–Trinajstić information content (AvgIpc) is 3.40. The minimum absolute atomic E-state index is 0.0330. The molecule has 0 unspecified atom stereocenters.